The minimum Gasteiger partial charge on any atom is -0.508 e. The number of anilines is 1. The summed E-state index contributed by atoms with van der Waals surface area (Å²) in [5.41, 5.74) is 3.10. The third-order valence-electron chi connectivity index (χ3n) is 10.8. The third kappa shape index (κ3) is 4.06. The minimum atomic E-state index is -0.823. The van der Waals surface area contributed by atoms with E-state index < -0.39 is 6.17 Å². The van der Waals surface area contributed by atoms with Crippen molar-refractivity contribution in [2.45, 2.75) is 75.3 Å². The molecule has 9 nitrogen and oxygen atoms in total. The van der Waals surface area contributed by atoms with E-state index in [0.29, 0.717) is 61.4 Å². The number of phenols is 1. The van der Waals surface area contributed by atoms with Gasteiger partial charge in [-0.2, -0.15) is 9.97 Å². The molecule has 0 radical (unpaired) electrons. The molecule has 0 amide bonds. The van der Waals surface area contributed by atoms with Crippen molar-refractivity contribution in [3.8, 4) is 28.9 Å². The van der Waals surface area contributed by atoms with Crippen LogP contribution in [0.15, 0.2) is 36.4 Å². The first-order valence-electron chi connectivity index (χ1n) is 16.1. The molecule has 0 aliphatic carbocycles. The van der Waals surface area contributed by atoms with Crippen molar-refractivity contribution in [3.05, 3.63) is 42.0 Å². The first-order valence-corrected chi connectivity index (χ1v) is 16.1. The van der Waals surface area contributed by atoms with E-state index in [1.54, 1.807) is 12.1 Å². The third-order valence-corrected chi connectivity index (χ3v) is 10.8. The van der Waals surface area contributed by atoms with Crippen molar-refractivity contribution in [2.75, 3.05) is 37.7 Å². The molecule has 228 valence electrons. The molecule has 2 bridgehead atoms. The largest absolute Gasteiger partial charge is 0.508 e. The van der Waals surface area contributed by atoms with Gasteiger partial charge in [-0.3, -0.25) is 4.90 Å². The summed E-state index contributed by atoms with van der Waals surface area (Å²) in [7, 11) is 0. The Morgan fingerprint density at radius 2 is 2.07 bits per heavy atom. The van der Waals surface area contributed by atoms with Crippen molar-refractivity contribution in [3.63, 3.8) is 0 Å². The van der Waals surface area contributed by atoms with Crippen LogP contribution >= 0.6 is 0 Å². The number of hydrogen-bond donors (Lipinski definition) is 2. The summed E-state index contributed by atoms with van der Waals surface area (Å²) < 4.78 is 27.5. The number of aromatic hydroxyl groups is 1. The summed E-state index contributed by atoms with van der Waals surface area (Å²) in [6.07, 6.45) is 4.73. The molecule has 0 spiro atoms. The number of nitrogens with zero attached hydrogens (tertiary/aromatic N) is 5. The highest BCUT2D eigenvalue weighted by Crippen LogP contribution is 2.44. The molecule has 0 unspecified atom stereocenters. The van der Waals surface area contributed by atoms with E-state index in [1.807, 2.05) is 18.2 Å². The first kappa shape index (κ1) is 26.6. The molecule has 2 aromatic carbocycles. The Labute approximate surface area is 255 Å². The molecule has 9 rings (SSSR count). The number of halogens is 1. The van der Waals surface area contributed by atoms with Gasteiger partial charge in [0.25, 0.3) is 0 Å². The van der Waals surface area contributed by atoms with Crippen LogP contribution in [0.2, 0.25) is 0 Å². The van der Waals surface area contributed by atoms with Gasteiger partial charge in [0.2, 0.25) is 5.88 Å². The summed E-state index contributed by atoms with van der Waals surface area (Å²) in [4.78, 5) is 19.7. The van der Waals surface area contributed by atoms with Gasteiger partial charge in [0.05, 0.1) is 22.8 Å². The molecule has 5 aliphatic rings. The van der Waals surface area contributed by atoms with Crippen molar-refractivity contribution in [1.29, 1.82) is 0 Å². The standard InChI is InChI=1S/C34H37FN6O3/c1-2-19-5-3-6-20-11-23(42)12-24(29(19)20)26-13-27-30-31(41-16-22-7-8-25(36-22)28(41)17-43-32(30)37-26)39-33(38-27)44-18-34-9-4-10-40(34)15-21(35)14-34/h3,5-6,11-13,21-22,25,28,36,42H,2,4,7-10,14-18H2,1H3/t21-,22-,25+,28-,34+/m0/s1. The highest BCUT2D eigenvalue weighted by molar-refractivity contribution is 6.02. The number of alkyl halides is 1. The van der Waals surface area contributed by atoms with Crippen LogP contribution in [0.1, 0.15) is 44.6 Å². The number of rotatable bonds is 5. The van der Waals surface area contributed by atoms with E-state index in [-0.39, 0.29) is 17.3 Å². The number of hydrogen-bond acceptors (Lipinski definition) is 9. The zero-order valence-corrected chi connectivity index (χ0v) is 24.9. The smallest absolute Gasteiger partial charge is 0.319 e. The molecule has 2 aromatic heterocycles. The average molecular weight is 597 g/mol. The number of aryl methyl sites for hydroxylation is 1. The predicted octanol–water partition coefficient (Wildman–Crippen LogP) is 4.77. The van der Waals surface area contributed by atoms with Gasteiger partial charge in [-0.15, -0.1) is 0 Å². The Hall–Kier alpha value is -3.76. The van der Waals surface area contributed by atoms with Crippen LogP contribution in [-0.2, 0) is 6.42 Å². The van der Waals surface area contributed by atoms with Gasteiger partial charge in [0.1, 0.15) is 36.3 Å². The fourth-order valence-electron chi connectivity index (χ4n) is 8.73. The highest BCUT2D eigenvalue weighted by Gasteiger charge is 2.50. The Morgan fingerprint density at radius 1 is 1.14 bits per heavy atom. The van der Waals surface area contributed by atoms with Gasteiger partial charge in [-0.1, -0.05) is 25.1 Å². The van der Waals surface area contributed by atoms with E-state index in [1.165, 1.54) is 5.56 Å². The fourth-order valence-corrected chi connectivity index (χ4v) is 8.73. The van der Waals surface area contributed by atoms with Gasteiger partial charge >= 0.3 is 6.01 Å². The molecule has 5 aliphatic heterocycles. The topological polar surface area (TPSA) is 95.9 Å². The first-order chi connectivity index (χ1) is 21.5. The number of aromatic nitrogens is 3. The normalized spacial score (nSPS) is 29.1. The van der Waals surface area contributed by atoms with Gasteiger partial charge < -0.3 is 24.8 Å². The summed E-state index contributed by atoms with van der Waals surface area (Å²) in [5, 5.41) is 17.3. The second-order valence-electron chi connectivity index (χ2n) is 13.3. The fraction of sp³-hybridized carbons (Fsp3) is 0.500. The number of pyridine rings is 1. The average Bonchev–Trinajstić information content (AvgIpc) is 3.66. The summed E-state index contributed by atoms with van der Waals surface area (Å²) in [5.74, 6) is 1.49. The van der Waals surface area contributed by atoms with Crippen molar-refractivity contribution >= 4 is 27.5 Å². The maximum Gasteiger partial charge on any atom is 0.319 e. The summed E-state index contributed by atoms with van der Waals surface area (Å²) in [6, 6.07) is 12.9. The predicted molar refractivity (Wildman–Crippen MR) is 166 cm³/mol. The van der Waals surface area contributed by atoms with E-state index in [9.17, 15) is 9.50 Å². The lowest BCUT2D eigenvalue weighted by atomic mass is 9.95. The Morgan fingerprint density at radius 3 is 2.98 bits per heavy atom. The van der Waals surface area contributed by atoms with Gasteiger partial charge in [0.15, 0.2) is 0 Å². The van der Waals surface area contributed by atoms with E-state index >= 15 is 0 Å². The number of nitrogens with one attached hydrogen (secondary N) is 1. The molecule has 4 fully saturated rings. The van der Waals surface area contributed by atoms with Crippen LogP contribution < -0.4 is 19.7 Å². The lowest BCUT2D eigenvalue weighted by molar-refractivity contribution is 0.107. The molecule has 10 heteroatoms. The zero-order valence-electron chi connectivity index (χ0n) is 24.9. The summed E-state index contributed by atoms with van der Waals surface area (Å²) in [6.45, 7) is 5.21. The van der Waals surface area contributed by atoms with Gasteiger partial charge in [-0.25, -0.2) is 9.37 Å². The lowest BCUT2D eigenvalue weighted by Gasteiger charge is -2.40. The number of phenolic OH excluding ortho intramolecular Hbond substituents is 1. The quantitative estimate of drug-likeness (QED) is 0.338. The maximum absolute atomic E-state index is 14.5. The molecule has 7 heterocycles. The van der Waals surface area contributed by atoms with Gasteiger partial charge in [0, 0.05) is 37.2 Å². The molecule has 4 saturated heterocycles. The highest BCUT2D eigenvalue weighted by atomic mass is 19.1. The Bertz CT molecular complexity index is 1800. The number of ether oxygens (including phenoxy) is 2. The molecular formula is C34H37FN6O3. The van der Waals surface area contributed by atoms with Gasteiger partial charge in [-0.05, 0) is 73.2 Å². The number of benzene rings is 2. The molecule has 4 aromatic rings. The Kier molecular flexibility index (Phi) is 5.97. The van der Waals surface area contributed by atoms with Crippen molar-refractivity contribution in [2.24, 2.45) is 0 Å². The zero-order chi connectivity index (χ0) is 29.6. The molecule has 0 saturated carbocycles. The number of fused-ring (bicyclic) bond motifs is 7. The van der Waals surface area contributed by atoms with Crippen molar-refractivity contribution < 1.29 is 19.0 Å². The van der Waals surface area contributed by atoms with Crippen LogP contribution in [0, 0.1) is 0 Å². The number of piperazine rings is 1. The van der Waals surface area contributed by atoms with E-state index in [2.05, 4.69) is 28.1 Å². The summed E-state index contributed by atoms with van der Waals surface area (Å²) >= 11 is 0. The monoisotopic (exact) mass is 596 g/mol. The van der Waals surface area contributed by atoms with Crippen molar-refractivity contribution in [1.82, 2.24) is 25.2 Å². The van der Waals surface area contributed by atoms with Crippen LogP contribution in [0.4, 0.5) is 10.2 Å². The second kappa shape index (κ2) is 9.87. The second-order valence-corrected chi connectivity index (χ2v) is 13.3. The maximum atomic E-state index is 14.5. The van der Waals surface area contributed by atoms with Crippen LogP contribution in [0.5, 0.6) is 17.6 Å². The molecule has 44 heavy (non-hydrogen) atoms. The van der Waals surface area contributed by atoms with E-state index in [4.69, 9.17) is 24.4 Å². The van der Waals surface area contributed by atoms with Crippen LogP contribution in [0.25, 0.3) is 32.9 Å². The Balaban J connectivity index is 1.21. The van der Waals surface area contributed by atoms with E-state index in [0.717, 1.165) is 72.7 Å². The molecular weight excluding hydrogens is 559 g/mol. The van der Waals surface area contributed by atoms with Crippen LogP contribution in [-0.4, -0.2) is 87.6 Å². The van der Waals surface area contributed by atoms with Crippen LogP contribution in [0.3, 0.4) is 0 Å². The SMILES string of the molecule is CCc1cccc2cc(O)cc(-c3cc4nc(OC[C@]56CCCN5C[C@@H](F)C6)nc5c4c(n3)OC[C@H]3[C@H]4CC[C@@H](CN53)N4)c12. The lowest BCUT2D eigenvalue weighted by Crippen LogP contribution is -2.60. The minimum absolute atomic E-state index is 0.108. The molecule has 5 atom stereocenters. The molecule has 2 N–H and O–H groups in total.